The second-order valence-corrected chi connectivity index (χ2v) is 12.0. The van der Waals surface area contributed by atoms with Crippen LogP contribution in [0.15, 0.2) is 54.1 Å². The Labute approximate surface area is 259 Å². The minimum absolute atomic E-state index is 0.0642. The average molecular weight is 619 g/mol. The van der Waals surface area contributed by atoms with Gasteiger partial charge in [0.25, 0.3) is 5.79 Å². The minimum atomic E-state index is -2.10. The molecule has 1 N–H and O–H groups in total. The maximum Gasteiger partial charge on any atom is 0.342 e. The fraction of sp³-hybridized carbons (Fsp3) is 0.364. The van der Waals surface area contributed by atoms with E-state index in [0.29, 0.717) is 62.0 Å². The monoisotopic (exact) mass is 618 g/mol. The number of hydrogen-bond acceptors (Lipinski definition) is 11. The summed E-state index contributed by atoms with van der Waals surface area (Å²) in [5.41, 5.74) is 3.53. The molecule has 0 amide bonds. The number of fused-ring (bicyclic) bond motifs is 2. The van der Waals surface area contributed by atoms with Crippen molar-refractivity contribution in [1.29, 1.82) is 0 Å². The molecule has 2 aliphatic heterocycles. The summed E-state index contributed by atoms with van der Waals surface area (Å²) in [6.45, 7) is 11.7. The van der Waals surface area contributed by atoms with Crippen LogP contribution in [0.25, 0.3) is 16.6 Å². The van der Waals surface area contributed by atoms with Crippen LogP contribution in [0.2, 0.25) is 0 Å². The summed E-state index contributed by atoms with van der Waals surface area (Å²) in [6.07, 6.45) is -0.320. The number of ether oxygens (including phenoxy) is 6. The van der Waals surface area contributed by atoms with Crippen molar-refractivity contribution in [2.24, 2.45) is 0 Å². The topological polar surface area (TPSA) is 118 Å². The highest BCUT2D eigenvalue weighted by Crippen LogP contribution is 2.48. The number of cyclic esters (lactones) is 1. The molecule has 0 saturated carbocycles. The number of hydrogen-bond donors (Lipinski definition) is 1. The van der Waals surface area contributed by atoms with Crippen LogP contribution in [0, 0.1) is 0 Å². The van der Waals surface area contributed by atoms with Crippen LogP contribution in [0.1, 0.15) is 58.2 Å². The van der Waals surface area contributed by atoms with Gasteiger partial charge in [0, 0.05) is 17.6 Å². The van der Waals surface area contributed by atoms with Gasteiger partial charge in [-0.1, -0.05) is 6.07 Å². The van der Waals surface area contributed by atoms with Crippen LogP contribution in [0.4, 0.5) is 0 Å². The van der Waals surface area contributed by atoms with E-state index in [1.807, 2.05) is 53.7 Å². The molecule has 44 heavy (non-hydrogen) atoms. The smallest absolute Gasteiger partial charge is 0.342 e. The van der Waals surface area contributed by atoms with E-state index in [1.54, 1.807) is 36.4 Å². The SMILES string of the molecule is CC(C)Oc1cc(CC2=C(c3ccc4nsnc4c3)C(=O)OC2(O)c2ccc3c(c2)OCO3)cc(OC(C)C)c1OC(C)C. The summed E-state index contributed by atoms with van der Waals surface area (Å²) in [6, 6.07) is 14.0. The van der Waals surface area contributed by atoms with Gasteiger partial charge in [0.1, 0.15) is 11.0 Å². The van der Waals surface area contributed by atoms with E-state index < -0.39 is 11.8 Å². The van der Waals surface area contributed by atoms with Gasteiger partial charge in [-0.3, -0.25) is 0 Å². The molecule has 0 saturated heterocycles. The third-order valence-corrected chi connectivity index (χ3v) is 7.56. The van der Waals surface area contributed by atoms with E-state index in [0.717, 1.165) is 11.7 Å². The predicted octanol–water partition coefficient (Wildman–Crippen LogP) is 6.18. The minimum Gasteiger partial charge on any atom is -0.487 e. The molecule has 1 unspecified atom stereocenters. The Morgan fingerprint density at radius 1 is 0.841 bits per heavy atom. The Morgan fingerprint density at radius 2 is 1.50 bits per heavy atom. The number of aromatic nitrogens is 2. The van der Waals surface area contributed by atoms with Crippen LogP contribution in [0.3, 0.4) is 0 Å². The zero-order chi connectivity index (χ0) is 31.2. The van der Waals surface area contributed by atoms with Crippen molar-refractivity contribution in [3.05, 3.63) is 70.8 Å². The second-order valence-electron chi connectivity index (χ2n) is 11.5. The first-order chi connectivity index (χ1) is 21.0. The maximum absolute atomic E-state index is 13.7. The summed E-state index contributed by atoms with van der Waals surface area (Å²) in [4.78, 5) is 13.7. The molecule has 10 nitrogen and oxygen atoms in total. The molecule has 1 atom stereocenters. The van der Waals surface area contributed by atoms with E-state index >= 15 is 0 Å². The molecular weight excluding hydrogens is 584 g/mol. The Hall–Kier alpha value is -4.35. The molecule has 0 bridgehead atoms. The van der Waals surface area contributed by atoms with Crippen molar-refractivity contribution in [1.82, 2.24) is 8.75 Å². The van der Waals surface area contributed by atoms with Gasteiger partial charge in [0.15, 0.2) is 23.0 Å². The molecule has 3 aromatic carbocycles. The second kappa shape index (κ2) is 11.6. The first-order valence-corrected chi connectivity index (χ1v) is 15.2. The van der Waals surface area contributed by atoms with Gasteiger partial charge >= 0.3 is 5.97 Å². The van der Waals surface area contributed by atoms with E-state index in [4.69, 9.17) is 28.4 Å². The molecule has 1 aromatic heterocycles. The van der Waals surface area contributed by atoms with Crippen molar-refractivity contribution in [3.8, 4) is 28.7 Å². The molecule has 0 fully saturated rings. The Bertz CT molecular complexity index is 1730. The van der Waals surface area contributed by atoms with Crippen LogP contribution in [-0.4, -0.2) is 44.9 Å². The summed E-state index contributed by atoms with van der Waals surface area (Å²) in [5.74, 6) is -0.294. The Morgan fingerprint density at radius 3 is 2.18 bits per heavy atom. The van der Waals surface area contributed by atoms with Crippen LogP contribution in [-0.2, 0) is 21.7 Å². The van der Waals surface area contributed by atoms with Gasteiger partial charge in [0.05, 0.1) is 35.6 Å². The highest BCUT2D eigenvalue weighted by Gasteiger charge is 2.48. The van der Waals surface area contributed by atoms with Crippen molar-refractivity contribution >= 4 is 34.3 Å². The van der Waals surface area contributed by atoms with Gasteiger partial charge < -0.3 is 33.5 Å². The third kappa shape index (κ3) is 5.65. The van der Waals surface area contributed by atoms with E-state index in [1.165, 1.54) is 0 Å². The number of aliphatic hydroxyl groups is 1. The molecule has 2 aliphatic rings. The van der Waals surface area contributed by atoms with Crippen LogP contribution >= 0.6 is 11.7 Å². The van der Waals surface area contributed by atoms with Gasteiger partial charge in [-0.25, -0.2) is 4.79 Å². The lowest BCUT2D eigenvalue weighted by Crippen LogP contribution is -2.29. The quantitative estimate of drug-likeness (QED) is 0.206. The number of benzene rings is 3. The molecule has 6 rings (SSSR count). The highest BCUT2D eigenvalue weighted by atomic mass is 32.1. The molecule has 0 spiro atoms. The lowest BCUT2D eigenvalue weighted by Gasteiger charge is -2.27. The number of esters is 1. The fourth-order valence-corrected chi connectivity index (χ4v) is 5.81. The zero-order valence-corrected chi connectivity index (χ0v) is 26.2. The van der Waals surface area contributed by atoms with E-state index in [9.17, 15) is 9.90 Å². The highest BCUT2D eigenvalue weighted by molar-refractivity contribution is 7.00. The number of nitrogens with zero attached hydrogens (tertiary/aromatic N) is 2. The number of carbonyl (C=O) groups is 1. The maximum atomic E-state index is 13.7. The van der Waals surface area contributed by atoms with E-state index in [2.05, 4.69) is 8.75 Å². The molecule has 3 heterocycles. The van der Waals surface area contributed by atoms with Crippen molar-refractivity contribution in [2.75, 3.05) is 6.79 Å². The number of carbonyl (C=O) groups excluding carboxylic acids is 1. The lowest BCUT2D eigenvalue weighted by atomic mass is 9.87. The molecule has 230 valence electrons. The first-order valence-electron chi connectivity index (χ1n) is 14.5. The van der Waals surface area contributed by atoms with Crippen LogP contribution in [0.5, 0.6) is 28.7 Å². The summed E-state index contributed by atoms with van der Waals surface area (Å²) in [7, 11) is 0. The standard InChI is InChI=1S/C33H34N2O8S/c1-17(2)40-28-12-20(13-29(41-18(3)4)31(28)42-19(5)6)11-23-30(21-7-9-24-25(14-21)35-44-34-24)32(36)43-33(23,37)22-8-10-26-27(15-22)39-16-38-26/h7-10,12-15,17-19,37H,11,16H2,1-6H3. The molecular formula is C33H34N2O8S. The van der Waals surface area contributed by atoms with Crippen molar-refractivity contribution < 1.29 is 38.3 Å². The molecule has 0 aliphatic carbocycles. The van der Waals surface area contributed by atoms with Gasteiger partial charge in [-0.2, -0.15) is 8.75 Å². The van der Waals surface area contributed by atoms with Crippen LogP contribution < -0.4 is 23.7 Å². The van der Waals surface area contributed by atoms with Gasteiger partial charge in [-0.05, 0) is 95.1 Å². The van der Waals surface area contributed by atoms with Gasteiger partial charge in [-0.15, -0.1) is 0 Å². The summed E-state index contributed by atoms with van der Waals surface area (Å²) >= 11 is 1.09. The third-order valence-electron chi connectivity index (χ3n) is 7.00. The Kier molecular flexibility index (Phi) is 7.85. The summed E-state index contributed by atoms with van der Waals surface area (Å²) in [5, 5.41) is 12.3. The Balaban J connectivity index is 1.54. The summed E-state index contributed by atoms with van der Waals surface area (Å²) < 4.78 is 44.1. The first kappa shape index (κ1) is 29.7. The lowest BCUT2D eigenvalue weighted by molar-refractivity contribution is -0.185. The molecule has 0 radical (unpaired) electrons. The fourth-order valence-electron chi connectivity index (χ4n) is 5.29. The van der Waals surface area contributed by atoms with Crippen molar-refractivity contribution in [2.45, 2.75) is 72.1 Å². The average Bonchev–Trinajstić information content (AvgIpc) is 3.67. The number of rotatable bonds is 10. The largest absolute Gasteiger partial charge is 0.487 e. The molecule has 11 heteroatoms. The normalized spacial score (nSPS) is 17.7. The van der Waals surface area contributed by atoms with Crippen molar-refractivity contribution in [3.63, 3.8) is 0 Å². The molecule has 4 aromatic rings. The predicted molar refractivity (Wildman–Crippen MR) is 164 cm³/mol. The zero-order valence-electron chi connectivity index (χ0n) is 25.4. The van der Waals surface area contributed by atoms with E-state index in [-0.39, 0.29) is 37.1 Å². The van der Waals surface area contributed by atoms with Gasteiger partial charge in [0.2, 0.25) is 12.5 Å².